The number of amides is 1. The highest BCUT2D eigenvalue weighted by atomic mass is 16.1. The highest BCUT2D eigenvalue weighted by molar-refractivity contribution is 5.93. The molecule has 0 aromatic carbocycles. The Kier molecular flexibility index (Phi) is 5.54. The van der Waals surface area contributed by atoms with Crippen LogP contribution in [0.5, 0.6) is 0 Å². The Hall–Kier alpha value is -1.36. The molecule has 2 N–H and O–H groups in total. The summed E-state index contributed by atoms with van der Waals surface area (Å²) in [6, 6.07) is 0.647. The Balaban J connectivity index is 2.69. The molecule has 19 heavy (non-hydrogen) atoms. The van der Waals surface area contributed by atoms with Gasteiger partial charge in [-0.1, -0.05) is 6.92 Å². The summed E-state index contributed by atoms with van der Waals surface area (Å²) in [5.74, 6) is -0.0187. The molecule has 108 valence electrons. The lowest BCUT2D eigenvalue weighted by Gasteiger charge is -2.12. The first-order chi connectivity index (χ1) is 8.86. The molecule has 5 nitrogen and oxygen atoms in total. The average molecular weight is 266 g/mol. The van der Waals surface area contributed by atoms with E-state index in [9.17, 15) is 4.79 Å². The third kappa shape index (κ3) is 4.06. The van der Waals surface area contributed by atoms with Crippen LogP contribution in [0.25, 0.3) is 0 Å². The summed E-state index contributed by atoms with van der Waals surface area (Å²) < 4.78 is 1.94. The van der Waals surface area contributed by atoms with E-state index in [2.05, 4.69) is 43.4 Å². The van der Waals surface area contributed by atoms with Crippen LogP contribution in [0.4, 0.5) is 5.69 Å². The number of carbonyl (C=O) groups excluding carboxylic acids is 1. The molecule has 0 aliphatic carbocycles. The van der Waals surface area contributed by atoms with Crippen LogP contribution in [0, 0.1) is 13.8 Å². The highest BCUT2D eigenvalue weighted by Crippen LogP contribution is 2.22. The van der Waals surface area contributed by atoms with Crippen LogP contribution in [-0.2, 0) is 4.79 Å². The molecule has 0 aliphatic rings. The third-order valence-corrected chi connectivity index (χ3v) is 3.30. The normalized spacial score (nSPS) is 12.8. The van der Waals surface area contributed by atoms with E-state index >= 15 is 0 Å². The van der Waals surface area contributed by atoms with Crippen molar-refractivity contribution in [3.05, 3.63) is 11.4 Å². The molecule has 0 saturated heterocycles. The van der Waals surface area contributed by atoms with Crippen LogP contribution >= 0.6 is 0 Å². The predicted octanol–water partition coefficient (Wildman–Crippen LogP) is 2.41. The van der Waals surface area contributed by atoms with Crippen LogP contribution in [0.2, 0.25) is 0 Å². The van der Waals surface area contributed by atoms with Gasteiger partial charge in [-0.05, 0) is 41.0 Å². The Morgan fingerprint density at radius 1 is 1.32 bits per heavy atom. The number of rotatable bonds is 6. The molecular weight excluding hydrogens is 240 g/mol. The molecule has 1 aromatic heterocycles. The monoisotopic (exact) mass is 266 g/mol. The SMILES string of the molecule is CCC(C)NCC(=O)Nc1c(C)nn(C(C)C)c1C. The van der Waals surface area contributed by atoms with Gasteiger partial charge in [0.25, 0.3) is 0 Å². The smallest absolute Gasteiger partial charge is 0.238 e. The molecule has 1 amide bonds. The summed E-state index contributed by atoms with van der Waals surface area (Å²) in [5, 5.41) is 10.6. The summed E-state index contributed by atoms with van der Waals surface area (Å²) in [6.45, 7) is 12.6. The molecule has 1 aromatic rings. The molecule has 1 atom stereocenters. The topological polar surface area (TPSA) is 59.0 Å². The second-order valence-electron chi connectivity index (χ2n) is 5.32. The Labute approximate surface area is 115 Å². The second kappa shape index (κ2) is 6.70. The molecule has 0 bridgehead atoms. The molecule has 1 heterocycles. The van der Waals surface area contributed by atoms with E-state index in [4.69, 9.17) is 0 Å². The van der Waals surface area contributed by atoms with Crippen molar-refractivity contribution < 1.29 is 4.79 Å². The van der Waals surface area contributed by atoms with Crippen molar-refractivity contribution in [3.63, 3.8) is 0 Å². The lowest BCUT2D eigenvalue weighted by Crippen LogP contribution is -2.34. The van der Waals surface area contributed by atoms with Gasteiger partial charge in [0.05, 0.1) is 23.6 Å². The number of nitrogens with zero attached hydrogens (tertiary/aromatic N) is 2. The number of hydrogen-bond donors (Lipinski definition) is 2. The fourth-order valence-corrected chi connectivity index (χ4v) is 1.94. The summed E-state index contributed by atoms with van der Waals surface area (Å²) in [6.07, 6.45) is 1.01. The number of aromatic nitrogens is 2. The molecule has 0 spiro atoms. The van der Waals surface area contributed by atoms with Gasteiger partial charge >= 0.3 is 0 Å². The number of nitrogens with one attached hydrogen (secondary N) is 2. The first-order valence-electron chi connectivity index (χ1n) is 6.95. The van der Waals surface area contributed by atoms with Gasteiger partial charge < -0.3 is 10.6 Å². The fourth-order valence-electron chi connectivity index (χ4n) is 1.94. The third-order valence-electron chi connectivity index (χ3n) is 3.30. The predicted molar refractivity (Wildman–Crippen MR) is 78.5 cm³/mol. The molecule has 5 heteroatoms. The molecule has 0 radical (unpaired) electrons. The van der Waals surface area contributed by atoms with Crippen LogP contribution in [0.3, 0.4) is 0 Å². The number of anilines is 1. The zero-order chi connectivity index (χ0) is 14.6. The maximum Gasteiger partial charge on any atom is 0.238 e. The minimum Gasteiger partial charge on any atom is -0.322 e. The summed E-state index contributed by atoms with van der Waals surface area (Å²) in [7, 11) is 0. The first-order valence-corrected chi connectivity index (χ1v) is 6.95. The fraction of sp³-hybridized carbons (Fsp3) is 0.714. The Bertz CT molecular complexity index is 437. The summed E-state index contributed by atoms with van der Waals surface area (Å²) in [5.41, 5.74) is 2.71. The largest absolute Gasteiger partial charge is 0.322 e. The number of hydrogen-bond acceptors (Lipinski definition) is 3. The molecule has 1 unspecified atom stereocenters. The van der Waals surface area contributed by atoms with E-state index < -0.39 is 0 Å². The minimum absolute atomic E-state index is 0.0187. The highest BCUT2D eigenvalue weighted by Gasteiger charge is 2.15. The van der Waals surface area contributed by atoms with Crippen molar-refractivity contribution in [2.24, 2.45) is 0 Å². The zero-order valence-corrected chi connectivity index (χ0v) is 12.9. The van der Waals surface area contributed by atoms with Gasteiger partial charge in [0.2, 0.25) is 5.91 Å². The lowest BCUT2D eigenvalue weighted by molar-refractivity contribution is -0.115. The van der Waals surface area contributed by atoms with Gasteiger partial charge in [-0.25, -0.2) is 0 Å². The van der Waals surface area contributed by atoms with Crippen molar-refractivity contribution >= 4 is 11.6 Å². The van der Waals surface area contributed by atoms with Crippen molar-refractivity contribution in [3.8, 4) is 0 Å². The second-order valence-corrected chi connectivity index (χ2v) is 5.32. The minimum atomic E-state index is -0.0187. The Morgan fingerprint density at radius 3 is 2.42 bits per heavy atom. The van der Waals surface area contributed by atoms with E-state index in [1.807, 2.05) is 18.5 Å². The van der Waals surface area contributed by atoms with Gasteiger partial charge in [0.1, 0.15) is 0 Å². The molecule has 0 saturated carbocycles. The van der Waals surface area contributed by atoms with E-state index in [-0.39, 0.29) is 5.91 Å². The molecule has 0 aliphatic heterocycles. The van der Waals surface area contributed by atoms with Crippen molar-refractivity contribution in [2.45, 2.75) is 60.0 Å². The van der Waals surface area contributed by atoms with Crippen LogP contribution in [-0.4, -0.2) is 28.3 Å². The van der Waals surface area contributed by atoms with Crippen molar-refractivity contribution in [2.75, 3.05) is 11.9 Å². The van der Waals surface area contributed by atoms with E-state index in [0.29, 0.717) is 18.6 Å². The molecular formula is C14H26N4O. The lowest BCUT2D eigenvalue weighted by atomic mass is 10.2. The maximum atomic E-state index is 11.9. The zero-order valence-electron chi connectivity index (χ0n) is 12.9. The quantitative estimate of drug-likeness (QED) is 0.831. The van der Waals surface area contributed by atoms with Crippen molar-refractivity contribution in [1.29, 1.82) is 0 Å². The Morgan fingerprint density at radius 2 is 1.95 bits per heavy atom. The van der Waals surface area contributed by atoms with Gasteiger partial charge in [-0.15, -0.1) is 0 Å². The van der Waals surface area contributed by atoms with Crippen LogP contribution < -0.4 is 10.6 Å². The van der Waals surface area contributed by atoms with Crippen molar-refractivity contribution in [1.82, 2.24) is 15.1 Å². The van der Waals surface area contributed by atoms with Gasteiger partial charge in [-0.3, -0.25) is 9.48 Å². The first kappa shape index (κ1) is 15.7. The van der Waals surface area contributed by atoms with E-state index in [0.717, 1.165) is 23.5 Å². The summed E-state index contributed by atoms with van der Waals surface area (Å²) >= 11 is 0. The van der Waals surface area contributed by atoms with E-state index in [1.54, 1.807) is 0 Å². The number of carbonyl (C=O) groups is 1. The molecule has 1 rings (SSSR count). The maximum absolute atomic E-state index is 11.9. The number of aryl methyl sites for hydroxylation is 1. The molecule has 0 fully saturated rings. The van der Waals surface area contributed by atoms with Crippen LogP contribution in [0.15, 0.2) is 0 Å². The van der Waals surface area contributed by atoms with Gasteiger partial charge in [-0.2, -0.15) is 5.10 Å². The van der Waals surface area contributed by atoms with Gasteiger partial charge in [0, 0.05) is 12.1 Å². The van der Waals surface area contributed by atoms with Gasteiger partial charge in [0.15, 0.2) is 0 Å². The summed E-state index contributed by atoms with van der Waals surface area (Å²) in [4.78, 5) is 11.9. The van der Waals surface area contributed by atoms with Crippen LogP contribution in [0.1, 0.15) is 51.5 Å². The van der Waals surface area contributed by atoms with E-state index in [1.165, 1.54) is 0 Å². The average Bonchev–Trinajstić information content (AvgIpc) is 2.64. The standard InChI is InChI=1S/C14H26N4O/c1-7-10(4)15-8-13(19)16-14-11(5)17-18(9(2)3)12(14)6/h9-10,15H,7-8H2,1-6H3,(H,16,19).